The van der Waals surface area contributed by atoms with Crippen molar-refractivity contribution < 1.29 is 24.5 Å². The third-order valence-electron chi connectivity index (χ3n) is 8.95. The van der Waals surface area contributed by atoms with Crippen molar-refractivity contribution in [3.8, 4) is 17.0 Å². The van der Waals surface area contributed by atoms with Gasteiger partial charge in [-0.2, -0.15) is 0 Å². The number of aliphatic hydroxyl groups is 1. The maximum absolute atomic E-state index is 13.0. The van der Waals surface area contributed by atoms with Crippen molar-refractivity contribution in [2.45, 2.75) is 52.2 Å². The molecule has 1 amide bonds. The Kier molecular flexibility index (Phi) is 7.74. The molecule has 3 heterocycles. The van der Waals surface area contributed by atoms with Crippen LogP contribution in [0.25, 0.3) is 11.3 Å². The number of carboxylic acid groups (broad SMARTS) is 1. The van der Waals surface area contributed by atoms with Crippen LogP contribution in [0.4, 0.5) is 5.13 Å². The molecule has 1 aliphatic carbocycles. The summed E-state index contributed by atoms with van der Waals surface area (Å²) in [5.41, 5.74) is 5.53. The van der Waals surface area contributed by atoms with Gasteiger partial charge in [0.2, 0.25) is 0 Å². The minimum atomic E-state index is -0.656. The molecular weight excluding hydrogens is 538 g/mol. The Morgan fingerprint density at radius 2 is 1.83 bits per heavy atom. The number of benzene rings is 2. The van der Waals surface area contributed by atoms with Crippen molar-refractivity contribution >= 4 is 28.3 Å². The molecule has 2 bridgehead atoms. The van der Waals surface area contributed by atoms with Gasteiger partial charge in [-0.15, -0.1) is 11.3 Å². The van der Waals surface area contributed by atoms with Crippen LogP contribution < -0.4 is 9.64 Å². The molecule has 1 unspecified atom stereocenters. The normalized spacial score (nSPS) is 24.0. The average Bonchev–Trinajstić information content (AvgIpc) is 3.55. The van der Waals surface area contributed by atoms with Gasteiger partial charge < -0.3 is 24.7 Å². The summed E-state index contributed by atoms with van der Waals surface area (Å²) in [4.78, 5) is 33.7. The molecule has 1 saturated carbocycles. The standard InChI is InChI=1S/C32H37N3O5S/c1-19-5-10-28(40-17-24-9-6-21(13-20(24)2)30(37)34-11-3-4-25(36)16-34)26(12-19)27-18-41-32(33-27)35-14-22-7-8-23(15-35)29(22)31(38)39/h5-6,9-10,12-13,18,22-23,25,29,36H,3-4,7-8,11,14-17H2,1-2H3,(H,38,39)/t22-,23+,25-,29?/m1/s1. The molecule has 1 aromatic heterocycles. The second-order valence-corrected chi connectivity index (χ2v) is 12.7. The fraction of sp³-hybridized carbons (Fsp3) is 0.469. The second-order valence-electron chi connectivity index (χ2n) is 11.9. The van der Waals surface area contributed by atoms with Gasteiger partial charge in [0.1, 0.15) is 12.4 Å². The highest BCUT2D eigenvalue weighted by Gasteiger charge is 2.46. The van der Waals surface area contributed by atoms with E-state index < -0.39 is 12.1 Å². The fourth-order valence-electron chi connectivity index (χ4n) is 6.75. The van der Waals surface area contributed by atoms with E-state index in [9.17, 15) is 19.8 Å². The third-order valence-corrected chi connectivity index (χ3v) is 9.85. The number of hydrogen-bond acceptors (Lipinski definition) is 7. The number of piperidine rings is 2. The number of anilines is 1. The zero-order valence-corrected chi connectivity index (χ0v) is 24.4. The van der Waals surface area contributed by atoms with Crippen molar-refractivity contribution in [2.24, 2.45) is 17.8 Å². The number of hydrogen-bond donors (Lipinski definition) is 2. The summed E-state index contributed by atoms with van der Waals surface area (Å²) in [6, 6.07) is 11.8. The number of ether oxygens (including phenoxy) is 1. The maximum atomic E-state index is 13.0. The molecule has 216 valence electrons. The van der Waals surface area contributed by atoms with Gasteiger partial charge in [-0.25, -0.2) is 4.98 Å². The Morgan fingerprint density at radius 1 is 1.05 bits per heavy atom. The van der Waals surface area contributed by atoms with E-state index in [1.54, 1.807) is 16.2 Å². The number of thiazole rings is 1. The van der Waals surface area contributed by atoms with Gasteiger partial charge in [-0.05, 0) is 86.8 Å². The zero-order valence-electron chi connectivity index (χ0n) is 23.6. The van der Waals surface area contributed by atoms with Crippen LogP contribution in [0, 0.1) is 31.6 Å². The highest BCUT2D eigenvalue weighted by Crippen LogP contribution is 2.44. The topological polar surface area (TPSA) is 103 Å². The van der Waals surface area contributed by atoms with Crippen LogP contribution in [0.5, 0.6) is 5.75 Å². The molecule has 2 saturated heterocycles. The Morgan fingerprint density at radius 3 is 2.54 bits per heavy atom. The lowest BCUT2D eigenvalue weighted by Gasteiger charge is -2.35. The molecule has 3 aliphatic rings. The van der Waals surface area contributed by atoms with Crippen molar-refractivity contribution in [1.29, 1.82) is 0 Å². The number of carboxylic acids is 1. The molecule has 4 atom stereocenters. The van der Waals surface area contributed by atoms with Gasteiger partial charge in [-0.1, -0.05) is 17.7 Å². The summed E-state index contributed by atoms with van der Waals surface area (Å²) in [7, 11) is 0. The van der Waals surface area contributed by atoms with E-state index in [-0.39, 0.29) is 23.7 Å². The predicted molar refractivity (Wildman–Crippen MR) is 158 cm³/mol. The van der Waals surface area contributed by atoms with E-state index >= 15 is 0 Å². The number of carbonyl (C=O) groups excluding carboxylic acids is 1. The van der Waals surface area contributed by atoms with Crippen molar-refractivity contribution in [3.05, 3.63) is 64.0 Å². The lowest BCUT2D eigenvalue weighted by Crippen LogP contribution is -2.44. The quantitative estimate of drug-likeness (QED) is 0.402. The lowest BCUT2D eigenvalue weighted by molar-refractivity contribution is -0.144. The van der Waals surface area contributed by atoms with E-state index in [1.165, 1.54) is 0 Å². The van der Waals surface area contributed by atoms with Gasteiger partial charge >= 0.3 is 5.97 Å². The van der Waals surface area contributed by atoms with Gasteiger partial charge in [0.25, 0.3) is 5.91 Å². The summed E-state index contributed by atoms with van der Waals surface area (Å²) in [6.07, 6.45) is 3.07. The number of aliphatic hydroxyl groups excluding tert-OH is 1. The Balaban J connectivity index is 1.16. The number of aliphatic carboxylic acids is 1. The Labute approximate surface area is 244 Å². The Hall–Kier alpha value is -3.43. The van der Waals surface area contributed by atoms with Gasteiger partial charge in [-0.3, -0.25) is 9.59 Å². The SMILES string of the molecule is Cc1ccc(OCc2ccc(C(=O)N3CCC[C@@H](O)C3)cc2C)c(-c2csc(N3C[C@H]4CC[C@@H](C3)C4C(=O)O)n2)c1. The first-order valence-corrected chi connectivity index (χ1v) is 15.4. The Bertz CT molecular complexity index is 1440. The molecule has 2 aromatic carbocycles. The second kappa shape index (κ2) is 11.4. The van der Waals surface area contributed by atoms with Crippen LogP contribution >= 0.6 is 11.3 Å². The minimum absolute atomic E-state index is 0.0420. The molecule has 6 rings (SSSR count). The number of amides is 1. The summed E-state index contributed by atoms with van der Waals surface area (Å²) in [6.45, 7) is 6.96. The highest BCUT2D eigenvalue weighted by molar-refractivity contribution is 7.14. The summed E-state index contributed by atoms with van der Waals surface area (Å²) < 4.78 is 6.34. The molecule has 3 fully saturated rings. The van der Waals surface area contributed by atoms with Gasteiger partial charge in [0.15, 0.2) is 5.13 Å². The molecule has 9 heteroatoms. The van der Waals surface area contributed by atoms with E-state index in [4.69, 9.17) is 9.72 Å². The largest absolute Gasteiger partial charge is 0.488 e. The van der Waals surface area contributed by atoms with Crippen molar-refractivity contribution in [2.75, 3.05) is 31.1 Å². The maximum Gasteiger partial charge on any atom is 0.307 e. The zero-order chi connectivity index (χ0) is 28.7. The summed E-state index contributed by atoms with van der Waals surface area (Å²) in [5.74, 6) is 0.201. The van der Waals surface area contributed by atoms with Crippen LogP contribution in [0.1, 0.15) is 52.7 Å². The van der Waals surface area contributed by atoms with Crippen LogP contribution in [0.2, 0.25) is 0 Å². The van der Waals surface area contributed by atoms with Crippen molar-refractivity contribution in [3.63, 3.8) is 0 Å². The molecule has 0 radical (unpaired) electrons. The van der Waals surface area contributed by atoms with E-state index in [1.807, 2.05) is 37.3 Å². The third kappa shape index (κ3) is 5.70. The lowest BCUT2D eigenvalue weighted by atomic mass is 9.85. The molecule has 41 heavy (non-hydrogen) atoms. The van der Waals surface area contributed by atoms with Crippen LogP contribution in [0.3, 0.4) is 0 Å². The fourth-order valence-corrected chi connectivity index (χ4v) is 7.60. The van der Waals surface area contributed by atoms with E-state index in [0.717, 1.165) is 77.6 Å². The number of aryl methyl sites for hydroxylation is 2. The average molecular weight is 576 g/mol. The number of nitrogens with zero attached hydrogens (tertiary/aromatic N) is 3. The summed E-state index contributed by atoms with van der Waals surface area (Å²) >= 11 is 1.60. The van der Waals surface area contributed by atoms with Gasteiger partial charge in [0.05, 0.1) is 17.7 Å². The van der Waals surface area contributed by atoms with Crippen LogP contribution in [-0.2, 0) is 11.4 Å². The number of fused-ring (bicyclic) bond motifs is 2. The first kappa shape index (κ1) is 27.7. The number of β-amino-alcohol motifs (C(OH)–C–C–N with tert-alkyl or cyclic N) is 1. The first-order chi connectivity index (χ1) is 19.8. The predicted octanol–water partition coefficient (Wildman–Crippen LogP) is 5.15. The monoisotopic (exact) mass is 575 g/mol. The molecule has 8 nitrogen and oxygen atoms in total. The molecule has 0 spiro atoms. The smallest absolute Gasteiger partial charge is 0.307 e. The van der Waals surface area contributed by atoms with E-state index in [0.29, 0.717) is 25.3 Å². The molecule has 2 N–H and O–H groups in total. The minimum Gasteiger partial charge on any atom is -0.488 e. The summed E-state index contributed by atoms with van der Waals surface area (Å²) in [5, 5.41) is 22.6. The number of aromatic nitrogens is 1. The van der Waals surface area contributed by atoms with Crippen LogP contribution in [0.15, 0.2) is 41.8 Å². The number of likely N-dealkylation sites (tertiary alicyclic amines) is 1. The van der Waals surface area contributed by atoms with E-state index in [2.05, 4.69) is 23.3 Å². The molecular formula is C32H37N3O5S. The number of carbonyl (C=O) groups is 2. The molecule has 3 aromatic rings. The first-order valence-electron chi connectivity index (χ1n) is 14.5. The van der Waals surface area contributed by atoms with Crippen molar-refractivity contribution in [1.82, 2.24) is 9.88 Å². The van der Waals surface area contributed by atoms with Gasteiger partial charge in [0, 0.05) is 42.7 Å². The molecule has 2 aliphatic heterocycles. The van der Waals surface area contributed by atoms with Crippen LogP contribution in [-0.4, -0.2) is 64.3 Å². The highest BCUT2D eigenvalue weighted by atomic mass is 32.1. The number of rotatable bonds is 7.